The van der Waals surface area contributed by atoms with Crippen LogP contribution in [0.25, 0.3) is 10.8 Å². The predicted octanol–water partition coefficient (Wildman–Crippen LogP) is 1.10. The van der Waals surface area contributed by atoms with Crippen LogP contribution in [-0.2, 0) is 20.8 Å². The van der Waals surface area contributed by atoms with E-state index >= 15 is 0 Å². The highest BCUT2D eigenvalue weighted by Gasteiger charge is 2.14. The quantitative estimate of drug-likeness (QED) is 0.812. The lowest BCUT2D eigenvalue weighted by atomic mass is 10.1. The first-order valence-electron chi connectivity index (χ1n) is 8.65. The average Bonchev–Trinajstić information content (AvgIpc) is 2.65. The van der Waals surface area contributed by atoms with Crippen LogP contribution in [-0.4, -0.2) is 48.2 Å². The van der Waals surface area contributed by atoms with Gasteiger partial charge in [0.25, 0.3) is 5.56 Å². The standard InChI is InChI=1S/C18H23N3O4/c22-17(13-24-12-15-6-3-4-10-25-15)19-8-9-21-18(23)16-7-2-1-5-14(16)11-20-21/h1-2,5,7,11,15H,3-4,6,8-10,12-13H2,(H,19,22)/t15-/m0/s1. The minimum atomic E-state index is -0.204. The molecule has 0 aliphatic carbocycles. The number of carbonyl (C=O) groups is 1. The number of nitrogens with one attached hydrogen (secondary N) is 1. The summed E-state index contributed by atoms with van der Waals surface area (Å²) in [6.07, 6.45) is 4.98. The molecule has 1 amide bonds. The number of fused-ring (bicyclic) bond motifs is 1. The monoisotopic (exact) mass is 345 g/mol. The van der Waals surface area contributed by atoms with E-state index in [1.165, 1.54) is 4.68 Å². The Balaban J connectivity index is 1.41. The third-order valence-corrected chi connectivity index (χ3v) is 4.22. The highest BCUT2D eigenvalue weighted by Crippen LogP contribution is 2.12. The fourth-order valence-electron chi connectivity index (χ4n) is 2.86. The topological polar surface area (TPSA) is 82.4 Å². The summed E-state index contributed by atoms with van der Waals surface area (Å²) in [4.78, 5) is 24.1. The number of amides is 1. The van der Waals surface area contributed by atoms with E-state index in [1.54, 1.807) is 12.3 Å². The molecule has 0 bridgehead atoms. The van der Waals surface area contributed by atoms with Gasteiger partial charge in [-0.15, -0.1) is 0 Å². The molecule has 134 valence electrons. The predicted molar refractivity (Wildman–Crippen MR) is 93.4 cm³/mol. The van der Waals surface area contributed by atoms with Crippen molar-refractivity contribution in [3.63, 3.8) is 0 Å². The number of carbonyl (C=O) groups excluding carboxylic acids is 1. The van der Waals surface area contributed by atoms with Crippen molar-refractivity contribution < 1.29 is 14.3 Å². The highest BCUT2D eigenvalue weighted by molar-refractivity contribution is 5.80. The van der Waals surface area contributed by atoms with Gasteiger partial charge in [-0.25, -0.2) is 4.68 Å². The lowest BCUT2D eigenvalue weighted by Gasteiger charge is -2.22. The first-order chi connectivity index (χ1) is 12.2. The molecule has 3 rings (SSSR count). The van der Waals surface area contributed by atoms with Crippen LogP contribution >= 0.6 is 0 Å². The van der Waals surface area contributed by atoms with E-state index in [2.05, 4.69) is 10.4 Å². The van der Waals surface area contributed by atoms with Crippen LogP contribution in [0, 0.1) is 0 Å². The summed E-state index contributed by atoms with van der Waals surface area (Å²) in [7, 11) is 0. The van der Waals surface area contributed by atoms with Gasteiger partial charge in [-0.05, 0) is 25.3 Å². The molecule has 7 nitrogen and oxygen atoms in total. The number of hydrogen-bond donors (Lipinski definition) is 1. The van der Waals surface area contributed by atoms with Crippen LogP contribution in [0.1, 0.15) is 19.3 Å². The Hall–Kier alpha value is -2.25. The summed E-state index contributed by atoms with van der Waals surface area (Å²) in [5.74, 6) is -0.204. The lowest BCUT2D eigenvalue weighted by molar-refractivity contribution is -0.127. The van der Waals surface area contributed by atoms with Crippen LogP contribution < -0.4 is 10.9 Å². The summed E-state index contributed by atoms with van der Waals surface area (Å²) in [5, 5.41) is 8.31. The van der Waals surface area contributed by atoms with Crippen LogP contribution in [0.2, 0.25) is 0 Å². The molecule has 0 spiro atoms. The van der Waals surface area contributed by atoms with Gasteiger partial charge in [0.15, 0.2) is 0 Å². The second kappa shape index (κ2) is 8.73. The van der Waals surface area contributed by atoms with Crippen molar-refractivity contribution in [1.82, 2.24) is 15.1 Å². The number of ether oxygens (including phenoxy) is 2. The van der Waals surface area contributed by atoms with E-state index in [0.717, 1.165) is 31.3 Å². The fraction of sp³-hybridized carbons (Fsp3) is 0.500. The molecular weight excluding hydrogens is 322 g/mol. The molecule has 1 saturated heterocycles. The SMILES string of the molecule is O=C(COC[C@@H]1CCCCO1)NCCn1ncc2ccccc2c1=O. The van der Waals surface area contributed by atoms with Crippen LogP contribution in [0.15, 0.2) is 35.3 Å². The zero-order valence-electron chi connectivity index (χ0n) is 14.1. The second-order valence-electron chi connectivity index (χ2n) is 6.11. The Morgan fingerprint density at radius 3 is 3.08 bits per heavy atom. The van der Waals surface area contributed by atoms with Crippen LogP contribution in [0.3, 0.4) is 0 Å². The van der Waals surface area contributed by atoms with E-state index in [9.17, 15) is 9.59 Å². The molecule has 0 saturated carbocycles. The van der Waals surface area contributed by atoms with Crippen molar-refractivity contribution in [1.29, 1.82) is 0 Å². The zero-order valence-corrected chi connectivity index (χ0v) is 14.1. The van der Waals surface area contributed by atoms with E-state index < -0.39 is 0 Å². The summed E-state index contributed by atoms with van der Waals surface area (Å²) in [6, 6.07) is 7.31. The first kappa shape index (κ1) is 17.6. The largest absolute Gasteiger partial charge is 0.376 e. The number of benzene rings is 1. The minimum absolute atomic E-state index is 0.0000916. The zero-order chi connectivity index (χ0) is 17.5. The van der Waals surface area contributed by atoms with Gasteiger partial charge in [-0.3, -0.25) is 9.59 Å². The number of aromatic nitrogens is 2. The Morgan fingerprint density at radius 1 is 1.36 bits per heavy atom. The maximum absolute atomic E-state index is 12.3. The first-order valence-corrected chi connectivity index (χ1v) is 8.65. The Bertz CT molecular complexity index is 768. The molecule has 1 fully saturated rings. The van der Waals surface area contributed by atoms with E-state index in [4.69, 9.17) is 9.47 Å². The van der Waals surface area contributed by atoms with E-state index in [0.29, 0.717) is 25.1 Å². The molecule has 1 atom stereocenters. The molecule has 1 aliphatic heterocycles. The third kappa shape index (κ3) is 4.87. The third-order valence-electron chi connectivity index (χ3n) is 4.22. The van der Waals surface area contributed by atoms with Gasteiger partial charge in [-0.2, -0.15) is 5.10 Å². The maximum Gasteiger partial charge on any atom is 0.274 e. The average molecular weight is 345 g/mol. The smallest absolute Gasteiger partial charge is 0.274 e. The molecule has 1 N–H and O–H groups in total. The van der Waals surface area contributed by atoms with Gasteiger partial charge in [0.2, 0.25) is 5.91 Å². The summed E-state index contributed by atoms with van der Waals surface area (Å²) in [6.45, 7) is 1.86. The van der Waals surface area contributed by atoms with Gasteiger partial charge < -0.3 is 14.8 Å². The van der Waals surface area contributed by atoms with Gasteiger partial charge in [-0.1, -0.05) is 18.2 Å². The summed E-state index contributed by atoms with van der Waals surface area (Å²) < 4.78 is 12.3. The Morgan fingerprint density at radius 2 is 2.24 bits per heavy atom. The number of nitrogens with zero attached hydrogens (tertiary/aromatic N) is 2. The molecule has 2 aromatic rings. The Labute approximate surface area is 145 Å². The molecule has 1 aromatic carbocycles. The summed E-state index contributed by atoms with van der Waals surface area (Å²) in [5.41, 5.74) is -0.155. The lowest BCUT2D eigenvalue weighted by Crippen LogP contribution is -2.35. The van der Waals surface area contributed by atoms with Gasteiger partial charge in [0.05, 0.1) is 30.8 Å². The Kier molecular flexibility index (Phi) is 6.14. The molecule has 25 heavy (non-hydrogen) atoms. The minimum Gasteiger partial charge on any atom is -0.376 e. The summed E-state index contributed by atoms with van der Waals surface area (Å²) >= 11 is 0. The van der Waals surface area contributed by atoms with Crippen LogP contribution in [0.4, 0.5) is 0 Å². The molecule has 1 aliphatic rings. The van der Waals surface area contributed by atoms with E-state index in [1.807, 2.05) is 18.2 Å². The van der Waals surface area contributed by atoms with Gasteiger partial charge in [0.1, 0.15) is 6.61 Å². The van der Waals surface area contributed by atoms with Gasteiger partial charge >= 0.3 is 0 Å². The van der Waals surface area contributed by atoms with Crippen molar-refractivity contribution in [2.45, 2.75) is 31.9 Å². The maximum atomic E-state index is 12.3. The molecule has 7 heteroatoms. The normalized spacial score (nSPS) is 17.5. The fourth-order valence-corrected chi connectivity index (χ4v) is 2.86. The van der Waals surface area contributed by atoms with Crippen molar-refractivity contribution >= 4 is 16.7 Å². The number of rotatable bonds is 7. The van der Waals surface area contributed by atoms with Crippen molar-refractivity contribution in [2.75, 3.05) is 26.4 Å². The number of hydrogen-bond acceptors (Lipinski definition) is 5. The molecule has 0 unspecified atom stereocenters. The molecule has 2 heterocycles. The van der Waals surface area contributed by atoms with Crippen molar-refractivity contribution in [3.05, 3.63) is 40.8 Å². The highest BCUT2D eigenvalue weighted by atomic mass is 16.5. The van der Waals surface area contributed by atoms with Gasteiger partial charge in [0, 0.05) is 18.5 Å². The second-order valence-corrected chi connectivity index (χ2v) is 6.11. The van der Waals surface area contributed by atoms with E-state index in [-0.39, 0.29) is 24.2 Å². The molecule has 0 radical (unpaired) electrons. The molecular formula is C18H23N3O4. The molecule has 1 aromatic heterocycles. The van der Waals surface area contributed by atoms with Crippen molar-refractivity contribution in [3.8, 4) is 0 Å². The van der Waals surface area contributed by atoms with Crippen LogP contribution in [0.5, 0.6) is 0 Å². The van der Waals surface area contributed by atoms with Crippen molar-refractivity contribution in [2.24, 2.45) is 0 Å².